The molecule has 0 bridgehead atoms. The molecule has 34 heavy (non-hydrogen) atoms. The van der Waals surface area contributed by atoms with Crippen molar-refractivity contribution in [3.63, 3.8) is 0 Å². The van der Waals surface area contributed by atoms with Crippen LogP contribution in [0.3, 0.4) is 0 Å². The minimum atomic E-state index is -0.270. The zero-order chi connectivity index (χ0) is 24.5. The van der Waals surface area contributed by atoms with Gasteiger partial charge in [0.15, 0.2) is 11.5 Å². The summed E-state index contributed by atoms with van der Waals surface area (Å²) in [7, 11) is 6.15. The third-order valence-corrected chi connectivity index (χ3v) is 5.82. The van der Waals surface area contributed by atoms with Crippen LogP contribution in [0.2, 0.25) is 0 Å². The average molecular weight is 483 g/mol. The molecule has 0 aliphatic rings. The number of ether oxygens (including phenoxy) is 4. The van der Waals surface area contributed by atoms with E-state index in [4.69, 9.17) is 18.9 Å². The highest BCUT2D eigenvalue weighted by Crippen LogP contribution is 2.30. The lowest BCUT2D eigenvalue weighted by Gasteiger charge is -2.12. The highest BCUT2D eigenvalue weighted by molar-refractivity contribution is 8.00. The summed E-state index contributed by atoms with van der Waals surface area (Å²) in [6, 6.07) is 17.4. The molecule has 0 atom stereocenters. The van der Waals surface area contributed by atoms with Gasteiger partial charge in [0.25, 0.3) is 5.91 Å². The quantitative estimate of drug-likeness (QED) is 0.404. The van der Waals surface area contributed by atoms with E-state index in [-0.39, 0.29) is 17.6 Å². The predicted octanol–water partition coefficient (Wildman–Crippen LogP) is 4.70. The number of hydrogen-bond donors (Lipinski definition) is 2. The fourth-order valence-corrected chi connectivity index (χ4v) is 3.76. The Morgan fingerprint density at radius 1 is 0.735 bits per heavy atom. The molecule has 3 rings (SSSR count). The van der Waals surface area contributed by atoms with Gasteiger partial charge in [0.05, 0.1) is 39.9 Å². The molecular weight excluding hydrogens is 456 g/mol. The van der Waals surface area contributed by atoms with Crippen molar-refractivity contribution in [3.05, 3.63) is 66.2 Å². The Hall–Kier alpha value is -3.85. The second-order valence-corrected chi connectivity index (χ2v) is 8.00. The third kappa shape index (κ3) is 6.35. The molecule has 0 saturated carbocycles. The van der Waals surface area contributed by atoms with E-state index in [1.807, 2.05) is 12.1 Å². The number of amides is 2. The van der Waals surface area contributed by atoms with E-state index in [0.29, 0.717) is 39.9 Å². The summed E-state index contributed by atoms with van der Waals surface area (Å²) >= 11 is 1.38. The van der Waals surface area contributed by atoms with E-state index in [0.717, 1.165) is 4.90 Å². The molecule has 0 aliphatic carbocycles. The summed E-state index contributed by atoms with van der Waals surface area (Å²) < 4.78 is 20.9. The van der Waals surface area contributed by atoms with Gasteiger partial charge in [-0.3, -0.25) is 9.59 Å². The van der Waals surface area contributed by atoms with Crippen LogP contribution in [0.5, 0.6) is 23.0 Å². The van der Waals surface area contributed by atoms with Crippen molar-refractivity contribution in [3.8, 4) is 23.0 Å². The molecule has 0 fully saturated rings. The van der Waals surface area contributed by atoms with Crippen molar-refractivity contribution in [2.75, 3.05) is 44.8 Å². The zero-order valence-electron chi connectivity index (χ0n) is 19.3. The van der Waals surface area contributed by atoms with Crippen molar-refractivity contribution in [2.24, 2.45) is 0 Å². The molecule has 3 aromatic carbocycles. The first-order valence-corrected chi connectivity index (χ1v) is 11.2. The number of methoxy groups -OCH3 is 4. The van der Waals surface area contributed by atoms with Crippen LogP contribution in [-0.4, -0.2) is 46.0 Å². The SMILES string of the molecule is COc1ccc(OC)c(NC(=O)CSc2ccc(NC(=O)c3ccc(OC)c(OC)c3)cc2)c1. The van der Waals surface area contributed by atoms with Crippen LogP contribution in [0, 0.1) is 0 Å². The van der Waals surface area contributed by atoms with Crippen LogP contribution >= 0.6 is 11.8 Å². The maximum absolute atomic E-state index is 12.6. The second-order valence-electron chi connectivity index (χ2n) is 6.95. The first-order chi connectivity index (χ1) is 16.5. The van der Waals surface area contributed by atoms with Gasteiger partial charge in [0.1, 0.15) is 11.5 Å². The number of carbonyl (C=O) groups excluding carboxylic acids is 2. The molecular formula is C25H26N2O6S. The molecule has 0 heterocycles. The summed E-state index contributed by atoms with van der Waals surface area (Å²) in [6.07, 6.45) is 0. The molecule has 2 N–H and O–H groups in total. The van der Waals surface area contributed by atoms with E-state index in [2.05, 4.69) is 10.6 Å². The van der Waals surface area contributed by atoms with E-state index in [1.54, 1.807) is 55.6 Å². The van der Waals surface area contributed by atoms with Crippen molar-refractivity contribution in [1.29, 1.82) is 0 Å². The number of thioether (sulfide) groups is 1. The normalized spacial score (nSPS) is 10.2. The molecule has 178 valence electrons. The van der Waals surface area contributed by atoms with Crippen LogP contribution < -0.4 is 29.6 Å². The molecule has 0 unspecified atom stereocenters. The van der Waals surface area contributed by atoms with Crippen molar-refractivity contribution in [2.45, 2.75) is 4.90 Å². The Morgan fingerprint density at radius 3 is 2.06 bits per heavy atom. The lowest BCUT2D eigenvalue weighted by molar-refractivity contribution is -0.113. The average Bonchev–Trinajstić information content (AvgIpc) is 2.87. The summed E-state index contributed by atoms with van der Waals surface area (Å²) in [5.74, 6) is 1.96. The summed E-state index contributed by atoms with van der Waals surface area (Å²) in [5, 5.41) is 5.68. The minimum Gasteiger partial charge on any atom is -0.497 e. The van der Waals surface area contributed by atoms with Crippen molar-refractivity contribution in [1.82, 2.24) is 0 Å². The number of rotatable bonds is 10. The van der Waals surface area contributed by atoms with E-state index >= 15 is 0 Å². The van der Waals surface area contributed by atoms with Gasteiger partial charge < -0.3 is 29.6 Å². The van der Waals surface area contributed by atoms with Gasteiger partial charge in [-0.05, 0) is 54.6 Å². The monoisotopic (exact) mass is 482 g/mol. The van der Waals surface area contributed by atoms with E-state index in [9.17, 15) is 9.59 Å². The smallest absolute Gasteiger partial charge is 0.255 e. The Balaban J connectivity index is 1.56. The van der Waals surface area contributed by atoms with Gasteiger partial charge in [-0.15, -0.1) is 11.8 Å². The first kappa shape index (κ1) is 24.8. The predicted molar refractivity (Wildman–Crippen MR) is 133 cm³/mol. The van der Waals surface area contributed by atoms with Crippen LogP contribution in [-0.2, 0) is 4.79 Å². The highest BCUT2D eigenvalue weighted by atomic mass is 32.2. The van der Waals surface area contributed by atoms with Gasteiger partial charge in [-0.1, -0.05) is 0 Å². The first-order valence-electron chi connectivity index (χ1n) is 10.3. The zero-order valence-corrected chi connectivity index (χ0v) is 20.2. The van der Waals surface area contributed by atoms with E-state index < -0.39 is 0 Å². The lowest BCUT2D eigenvalue weighted by Crippen LogP contribution is -2.14. The van der Waals surface area contributed by atoms with E-state index in [1.165, 1.54) is 33.1 Å². The minimum absolute atomic E-state index is 0.178. The highest BCUT2D eigenvalue weighted by Gasteiger charge is 2.12. The summed E-state index contributed by atoms with van der Waals surface area (Å²) in [4.78, 5) is 25.9. The molecule has 0 aromatic heterocycles. The van der Waals surface area contributed by atoms with Crippen LogP contribution in [0.1, 0.15) is 10.4 Å². The van der Waals surface area contributed by atoms with Crippen LogP contribution in [0.25, 0.3) is 0 Å². The third-order valence-electron chi connectivity index (χ3n) is 4.81. The second kappa shape index (κ2) is 11.9. The standard InChI is InChI=1S/C25H26N2O6S/c1-30-18-8-12-21(31-2)20(14-18)27-24(28)15-34-19-9-6-17(7-10-19)26-25(29)16-5-11-22(32-3)23(13-16)33-4/h5-14H,15H2,1-4H3,(H,26,29)(H,27,28). The van der Waals surface area contributed by atoms with Crippen LogP contribution in [0.15, 0.2) is 65.6 Å². The van der Waals surface area contributed by atoms with Crippen molar-refractivity contribution < 1.29 is 28.5 Å². The van der Waals surface area contributed by atoms with Gasteiger partial charge in [-0.2, -0.15) is 0 Å². The number of carbonyl (C=O) groups is 2. The molecule has 0 spiro atoms. The fraction of sp³-hybridized carbons (Fsp3) is 0.200. The number of nitrogens with one attached hydrogen (secondary N) is 2. The molecule has 0 radical (unpaired) electrons. The molecule has 8 nitrogen and oxygen atoms in total. The maximum atomic E-state index is 12.6. The van der Waals surface area contributed by atoms with Gasteiger partial charge >= 0.3 is 0 Å². The van der Waals surface area contributed by atoms with Gasteiger partial charge in [0, 0.05) is 22.2 Å². The van der Waals surface area contributed by atoms with Crippen LogP contribution in [0.4, 0.5) is 11.4 Å². The Labute approximate surface area is 202 Å². The summed E-state index contributed by atoms with van der Waals surface area (Å²) in [6.45, 7) is 0. The molecule has 0 saturated heterocycles. The number of hydrogen-bond acceptors (Lipinski definition) is 7. The Bertz CT molecular complexity index is 1150. The summed E-state index contributed by atoms with van der Waals surface area (Å²) in [5.41, 5.74) is 1.62. The van der Waals surface area contributed by atoms with Gasteiger partial charge in [-0.25, -0.2) is 0 Å². The molecule has 9 heteroatoms. The van der Waals surface area contributed by atoms with Gasteiger partial charge in [0.2, 0.25) is 5.91 Å². The number of benzene rings is 3. The van der Waals surface area contributed by atoms with Crippen molar-refractivity contribution >= 4 is 35.0 Å². The Morgan fingerprint density at radius 2 is 1.41 bits per heavy atom. The molecule has 3 aromatic rings. The lowest BCUT2D eigenvalue weighted by atomic mass is 10.2. The molecule has 2 amide bonds. The topological polar surface area (TPSA) is 95.1 Å². The maximum Gasteiger partial charge on any atom is 0.255 e. The fourth-order valence-electron chi connectivity index (χ4n) is 3.06. The number of anilines is 2. The molecule has 0 aliphatic heterocycles. The Kier molecular flexibility index (Phi) is 8.64. The largest absolute Gasteiger partial charge is 0.497 e.